The van der Waals surface area contributed by atoms with E-state index < -0.39 is 0 Å². The number of methoxy groups -OCH3 is 1. The monoisotopic (exact) mass is 341 g/mol. The van der Waals surface area contributed by atoms with E-state index in [1.807, 2.05) is 6.07 Å². The molecule has 5 heteroatoms. The third kappa shape index (κ3) is 4.40. The number of hydrogen-bond acceptors (Lipinski definition) is 3. The third-order valence-corrected chi connectivity index (χ3v) is 4.09. The van der Waals surface area contributed by atoms with Crippen molar-refractivity contribution in [3.63, 3.8) is 0 Å². The molecule has 1 aromatic rings. The van der Waals surface area contributed by atoms with Crippen LogP contribution in [0.1, 0.15) is 32.1 Å². The highest BCUT2D eigenvalue weighted by atomic mass is 79.9. The van der Waals surface area contributed by atoms with Crippen LogP contribution in [0, 0.1) is 0 Å². The maximum Gasteiger partial charge on any atom is 0.258 e. The highest BCUT2D eigenvalue weighted by molar-refractivity contribution is 9.10. The van der Waals surface area contributed by atoms with Crippen LogP contribution in [-0.4, -0.2) is 25.7 Å². The van der Waals surface area contributed by atoms with Crippen molar-refractivity contribution < 1.29 is 14.3 Å². The van der Waals surface area contributed by atoms with Crippen LogP contribution in [0.4, 0.5) is 0 Å². The summed E-state index contributed by atoms with van der Waals surface area (Å²) in [7, 11) is 1.61. The average molecular weight is 342 g/mol. The van der Waals surface area contributed by atoms with Crippen molar-refractivity contribution in [3.8, 4) is 11.5 Å². The van der Waals surface area contributed by atoms with E-state index in [4.69, 9.17) is 9.47 Å². The summed E-state index contributed by atoms with van der Waals surface area (Å²) in [5, 5.41) is 3.03. The quantitative estimate of drug-likeness (QED) is 0.893. The number of nitrogens with one attached hydrogen (secondary N) is 1. The Morgan fingerprint density at radius 2 is 2.10 bits per heavy atom. The zero-order chi connectivity index (χ0) is 14.4. The van der Waals surface area contributed by atoms with Gasteiger partial charge in [-0.15, -0.1) is 0 Å². The van der Waals surface area contributed by atoms with Gasteiger partial charge in [0.05, 0.1) is 11.6 Å². The summed E-state index contributed by atoms with van der Waals surface area (Å²) in [5.41, 5.74) is 0. The Hall–Kier alpha value is -1.23. The molecule has 20 heavy (non-hydrogen) atoms. The minimum absolute atomic E-state index is 0.0431. The van der Waals surface area contributed by atoms with E-state index in [1.165, 1.54) is 19.3 Å². The van der Waals surface area contributed by atoms with Crippen molar-refractivity contribution >= 4 is 21.8 Å². The molecule has 1 aromatic carbocycles. The second-order valence-corrected chi connectivity index (χ2v) is 5.84. The first kappa shape index (κ1) is 15.2. The number of hydrogen-bond donors (Lipinski definition) is 1. The maximum atomic E-state index is 11.8. The molecule has 0 saturated heterocycles. The number of carbonyl (C=O) groups is 1. The number of rotatable bonds is 5. The first-order chi connectivity index (χ1) is 9.69. The summed E-state index contributed by atoms with van der Waals surface area (Å²) in [6.45, 7) is 0.0431. The van der Waals surface area contributed by atoms with E-state index in [0.717, 1.165) is 23.1 Å². The average Bonchev–Trinajstić information content (AvgIpc) is 2.47. The van der Waals surface area contributed by atoms with Gasteiger partial charge in [0.1, 0.15) is 11.5 Å². The van der Waals surface area contributed by atoms with Crippen molar-refractivity contribution in [3.05, 3.63) is 22.7 Å². The highest BCUT2D eigenvalue weighted by Crippen LogP contribution is 2.29. The Labute approximate surface area is 128 Å². The van der Waals surface area contributed by atoms with Gasteiger partial charge in [-0.3, -0.25) is 4.79 Å². The van der Waals surface area contributed by atoms with Gasteiger partial charge in [0.2, 0.25) is 0 Å². The molecule has 4 nitrogen and oxygen atoms in total. The van der Waals surface area contributed by atoms with Crippen molar-refractivity contribution in [2.75, 3.05) is 13.7 Å². The molecular weight excluding hydrogens is 322 g/mol. The molecule has 1 saturated carbocycles. The largest absolute Gasteiger partial charge is 0.497 e. The molecule has 0 heterocycles. The molecule has 1 aliphatic rings. The second-order valence-electron chi connectivity index (χ2n) is 4.99. The smallest absolute Gasteiger partial charge is 0.258 e. The fourth-order valence-corrected chi connectivity index (χ4v) is 2.86. The number of amides is 1. The van der Waals surface area contributed by atoms with Crippen LogP contribution >= 0.6 is 15.9 Å². The van der Waals surface area contributed by atoms with Gasteiger partial charge in [-0.2, -0.15) is 0 Å². The van der Waals surface area contributed by atoms with Gasteiger partial charge >= 0.3 is 0 Å². The second kappa shape index (κ2) is 7.53. The highest BCUT2D eigenvalue weighted by Gasteiger charge is 2.16. The Kier molecular flexibility index (Phi) is 5.71. The van der Waals surface area contributed by atoms with Gasteiger partial charge < -0.3 is 14.8 Å². The third-order valence-electron chi connectivity index (χ3n) is 3.47. The number of carbonyl (C=O) groups excluding carboxylic acids is 1. The summed E-state index contributed by atoms with van der Waals surface area (Å²) < 4.78 is 11.4. The van der Waals surface area contributed by atoms with Crippen LogP contribution < -0.4 is 14.8 Å². The van der Waals surface area contributed by atoms with Gasteiger partial charge in [-0.05, 0) is 47.0 Å². The van der Waals surface area contributed by atoms with Crippen LogP contribution in [-0.2, 0) is 4.79 Å². The van der Waals surface area contributed by atoms with Gasteiger partial charge in [-0.1, -0.05) is 19.3 Å². The standard InChI is InChI=1S/C15H20BrNO3/c1-19-12-7-8-14(13(16)9-12)20-10-15(18)17-11-5-3-2-4-6-11/h7-9,11H,2-6,10H2,1H3,(H,17,18). The first-order valence-electron chi connectivity index (χ1n) is 6.95. The molecule has 0 radical (unpaired) electrons. The fourth-order valence-electron chi connectivity index (χ4n) is 2.39. The van der Waals surface area contributed by atoms with Crippen molar-refractivity contribution in [2.45, 2.75) is 38.1 Å². The molecular formula is C15H20BrNO3. The molecule has 1 amide bonds. The lowest BCUT2D eigenvalue weighted by Gasteiger charge is -2.22. The van der Waals surface area contributed by atoms with Crippen LogP contribution in [0.2, 0.25) is 0 Å². The van der Waals surface area contributed by atoms with Crippen molar-refractivity contribution in [2.24, 2.45) is 0 Å². The van der Waals surface area contributed by atoms with E-state index in [1.54, 1.807) is 19.2 Å². The summed E-state index contributed by atoms with van der Waals surface area (Å²) in [6, 6.07) is 5.73. The van der Waals surface area contributed by atoms with Crippen LogP contribution in [0.15, 0.2) is 22.7 Å². The molecule has 1 aliphatic carbocycles. The maximum absolute atomic E-state index is 11.8. The SMILES string of the molecule is COc1ccc(OCC(=O)NC2CCCCC2)c(Br)c1. The minimum atomic E-state index is -0.0559. The Morgan fingerprint density at radius 1 is 1.35 bits per heavy atom. The fraction of sp³-hybridized carbons (Fsp3) is 0.533. The predicted octanol–water partition coefficient (Wildman–Crippen LogP) is 3.29. The molecule has 0 unspecified atom stereocenters. The molecule has 0 aliphatic heterocycles. The summed E-state index contributed by atoms with van der Waals surface area (Å²) >= 11 is 3.40. The van der Waals surface area contributed by atoms with E-state index >= 15 is 0 Å². The van der Waals surface area contributed by atoms with E-state index in [9.17, 15) is 4.79 Å². The normalized spacial score (nSPS) is 15.7. The zero-order valence-corrected chi connectivity index (χ0v) is 13.2. The van der Waals surface area contributed by atoms with Crippen molar-refractivity contribution in [1.82, 2.24) is 5.32 Å². The van der Waals surface area contributed by atoms with Gasteiger partial charge in [0.25, 0.3) is 5.91 Å². The minimum Gasteiger partial charge on any atom is -0.497 e. The lowest BCUT2D eigenvalue weighted by Crippen LogP contribution is -2.38. The lowest BCUT2D eigenvalue weighted by atomic mass is 9.95. The Morgan fingerprint density at radius 3 is 2.75 bits per heavy atom. The Bertz CT molecular complexity index is 458. The van der Waals surface area contributed by atoms with E-state index in [-0.39, 0.29) is 12.5 Å². The van der Waals surface area contributed by atoms with Gasteiger partial charge in [0.15, 0.2) is 6.61 Å². The van der Waals surface area contributed by atoms with Crippen molar-refractivity contribution in [1.29, 1.82) is 0 Å². The summed E-state index contributed by atoms with van der Waals surface area (Å²) in [5.74, 6) is 1.33. The molecule has 0 bridgehead atoms. The number of ether oxygens (including phenoxy) is 2. The van der Waals surface area contributed by atoms with Crippen LogP contribution in [0.25, 0.3) is 0 Å². The first-order valence-corrected chi connectivity index (χ1v) is 7.74. The van der Waals surface area contributed by atoms with E-state index in [0.29, 0.717) is 11.8 Å². The number of halogens is 1. The van der Waals surface area contributed by atoms with Gasteiger partial charge in [0, 0.05) is 6.04 Å². The van der Waals surface area contributed by atoms with E-state index in [2.05, 4.69) is 21.2 Å². The van der Waals surface area contributed by atoms with Crippen LogP contribution in [0.5, 0.6) is 11.5 Å². The predicted molar refractivity (Wildman–Crippen MR) is 81.2 cm³/mol. The van der Waals surface area contributed by atoms with Gasteiger partial charge in [-0.25, -0.2) is 0 Å². The molecule has 0 atom stereocenters. The summed E-state index contributed by atoms with van der Waals surface area (Å²) in [6.07, 6.45) is 5.85. The molecule has 1 fully saturated rings. The Balaban J connectivity index is 1.80. The zero-order valence-electron chi connectivity index (χ0n) is 11.7. The van der Waals surface area contributed by atoms with Crippen LogP contribution in [0.3, 0.4) is 0 Å². The number of benzene rings is 1. The molecule has 0 aromatic heterocycles. The lowest BCUT2D eigenvalue weighted by molar-refractivity contribution is -0.124. The topological polar surface area (TPSA) is 47.6 Å². The molecule has 1 N–H and O–H groups in total. The summed E-state index contributed by atoms with van der Waals surface area (Å²) in [4.78, 5) is 11.8. The molecule has 2 rings (SSSR count). The molecule has 110 valence electrons. The molecule has 0 spiro atoms.